The van der Waals surface area contributed by atoms with Gasteiger partial charge in [-0.1, -0.05) is 23.7 Å². The van der Waals surface area contributed by atoms with Crippen molar-refractivity contribution in [1.29, 1.82) is 0 Å². The third-order valence-electron chi connectivity index (χ3n) is 2.94. The Kier molecular flexibility index (Phi) is 4.25. The summed E-state index contributed by atoms with van der Waals surface area (Å²) in [5.41, 5.74) is 2.71. The van der Waals surface area contributed by atoms with E-state index >= 15 is 0 Å². The molecule has 2 aromatic carbocycles. The minimum absolute atomic E-state index is 0.0644. The zero-order valence-corrected chi connectivity index (χ0v) is 12.0. The number of hydrogen-bond donors (Lipinski definition) is 0. The molecule has 5 heteroatoms. The summed E-state index contributed by atoms with van der Waals surface area (Å²) >= 11 is 6.09. The largest absolute Gasteiger partial charge is 0.489 e. The van der Waals surface area contributed by atoms with Crippen molar-refractivity contribution in [2.75, 3.05) is 0 Å². The van der Waals surface area contributed by atoms with Gasteiger partial charge < -0.3 is 4.74 Å². The Hall–Kier alpha value is -2.07. The molecule has 0 spiro atoms. The third kappa shape index (κ3) is 3.27. The Labute approximate surface area is 122 Å². The van der Waals surface area contributed by atoms with Crippen molar-refractivity contribution in [2.24, 2.45) is 0 Å². The van der Waals surface area contributed by atoms with E-state index < -0.39 is 4.92 Å². The van der Waals surface area contributed by atoms with E-state index in [1.807, 2.05) is 26.0 Å². The summed E-state index contributed by atoms with van der Waals surface area (Å²) in [5.74, 6) is 0.705. The molecule has 0 atom stereocenters. The molecular weight excluding hydrogens is 278 g/mol. The number of hydrogen-bond acceptors (Lipinski definition) is 3. The van der Waals surface area contributed by atoms with Gasteiger partial charge in [-0.25, -0.2) is 0 Å². The molecule has 0 aliphatic heterocycles. The second kappa shape index (κ2) is 5.92. The topological polar surface area (TPSA) is 52.4 Å². The van der Waals surface area contributed by atoms with Gasteiger partial charge in [0.05, 0.1) is 4.92 Å². The van der Waals surface area contributed by atoms with Gasteiger partial charge in [-0.3, -0.25) is 10.1 Å². The average molecular weight is 292 g/mol. The first-order valence-electron chi connectivity index (χ1n) is 6.10. The average Bonchev–Trinajstić information content (AvgIpc) is 2.42. The van der Waals surface area contributed by atoms with Crippen LogP contribution < -0.4 is 4.74 Å². The summed E-state index contributed by atoms with van der Waals surface area (Å²) in [6.45, 7) is 4.10. The number of aryl methyl sites for hydroxylation is 2. The summed E-state index contributed by atoms with van der Waals surface area (Å²) in [6, 6.07) is 10.1. The van der Waals surface area contributed by atoms with Crippen molar-refractivity contribution in [3.63, 3.8) is 0 Å². The molecule has 0 aliphatic carbocycles. The Morgan fingerprint density at radius 3 is 2.45 bits per heavy atom. The highest BCUT2D eigenvalue weighted by molar-refractivity contribution is 6.32. The number of nitro benzene ring substituents is 1. The van der Waals surface area contributed by atoms with Gasteiger partial charge in [0.1, 0.15) is 12.4 Å². The second-order valence-corrected chi connectivity index (χ2v) is 4.96. The van der Waals surface area contributed by atoms with Crippen molar-refractivity contribution < 1.29 is 9.66 Å². The van der Waals surface area contributed by atoms with E-state index in [4.69, 9.17) is 16.3 Å². The molecule has 0 amide bonds. The molecule has 0 saturated carbocycles. The van der Waals surface area contributed by atoms with Crippen molar-refractivity contribution in [3.05, 3.63) is 68.2 Å². The summed E-state index contributed by atoms with van der Waals surface area (Å²) in [5, 5.41) is 11.4. The molecule has 2 rings (SSSR count). The Balaban J connectivity index is 2.13. The number of rotatable bonds is 4. The van der Waals surface area contributed by atoms with Crippen LogP contribution in [0.2, 0.25) is 5.02 Å². The van der Waals surface area contributed by atoms with E-state index in [0.29, 0.717) is 5.75 Å². The molecule has 0 bridgehead atoms. The van der Waals surface area contributed by atoms with Crippen LogP contribution in [0.4, 0.5) is 5.69 Å². The van der Waals surface area contributed by atoms with Crippen LogP contribution in [0.3, 0.4) is 0 Å². The monoisotopic (exact) mass is 291 g/mol. The van der Waals surface area contributed by atoms with Gasteiger partial charge in [0.15, 0.2) is 0 Å². The molecule has 0 aliphatic rings. The van der Waals surface area contributed by atoms with Gasteiger partial charge in [-0.05, 0) is 42.7 Å². The maximum Gasteiger partial charge on any atom is 0.269 e. The minimum atomic E-state index is -0.417. The molecule has 0 heterocycles. The highest BCUT2D eigenvalue weighted by atomic mass is 35.5. The summed E-state index contributed by atoms with van der Waals surface area (Å²) in [7, 11) is 0. The lowest BCUT2D eigenvalue weighted by Gasteiger charge is -2.10. The Bertz CT molecular complexity index is 632. The van der Waals surface area contributed by atoms with E-state index in [9.17, 15) is 10.1 Å². The van der Waals surface area contributed by atoms with Gasteiger partial charge >= 0.3 is 0 Å². The fourth-order valence-electron chi connectivity index (χ4n) is 1.92. The second-order valence-electron chi connectivity index (χ2n) is 4.59. The molecular formula is C15H14ClNO3. The minimum Gasteiger partial charge on any atom is -0.489 e. The first kappa shape index (κ1) is 14.3. The summed E-state index contributed by atoms with van der Waals surface area (Å²) in [6.07, 6.45) is 0. The molecule has 0 aromatic heterocycles. The Morgan fingerprint density at radius 1 is 1.20 bits per heavy atom. The van der Waals surface area contributed by atoms with Crippen molar-refractivity contribution >= 4 is 17.3 Å². The first-order valence-corrected chi connectivity index (χ1v) is 6.48. The van der Waals surface area contributed by atoms with E-state index in [0.717, 1.165) is 21.7 Å². The van der Waals surface area contributed by atoms with Crippen molar-refractivity contribution in [2.45, 2.75) is 20.5 Å². The predicted molar refractivity (Wildman–Crippen MR) is 78.4 cm³/mol. The lowest BCUT2D eigenvalue weighted by Crippen LogP contribution is -1.98. The molecule has 0 saturated heterocycles. The van der Waals surface area contributed by atoms with Crippen molar-refractivity contribution in [1.82, 2.24) is 0 Å². The number of nitrogens with zero attached hydrogens (tertiary/aromatic N) is 1. The molecule has 104 valence electrons. The molecule has 0 radical (unpaired) electrons. The van der Waals surface area contributed by atoms with Crippen LogP contribution in [-0.2, 0) is 6.61 Å². The van der Waals surface area contributed by atoms with E-state index in [1.165, 1.54) is 12.1 Å². The van der Waals surface area contributed by atoms with Gasteiger partial charge in [0.2, 0.25) is 0 Å². The van der Waals surface area contributed by atoms with Crippen LogP contribution in [0, 0.1) is 24.0 Å². The standard InChI is InChI=1S/C15H14ClNO3/c1-10-6-14(7-11(2)15(10)16)20-9-12-4-3-5-13(8-12)17(18)19/h3-8H,9H2,1-2H3. The number of ether oxygens (including phenoxy) is 1. The van der Waals surface area contributed by atoms with E-state index in [2.05, 4.69) is 0 Å². The summed E-state index contributed by atoms with van der Waals surface area (Å²) in [4.78, 5) is 10.3. The Morgan fingerprint density at radius 2 is 1.85 bits per heavy atom. The zero-order valence-electron chi connectivity index (χ0n) is 11.2. The molecule has 0 unspecified atom stereocenters. The molecule has 0 fully saturated rings. The highest BCUT2D eigenvalue weighted by Crippen LogP contribution is 2.26. The molecule has 0 N–H and O–H groups in total. The predicted octanol–water partition coefficient (Wildman–Crippen LogP) is 4.44. The maximum atomic E-state index is 10.7. The van der Waals surface area contributed by atoms with Crippen LogP contribution in [0.5, 0.6) is 5.75 Å². The smallest absolute Gasteiger partial charge is 0.269 e. The number of nitro groups is 1. The normalized spacial score (nSPS) is 10.3. The number of benzene rings is 2. The fourth-order valence-corrected chi connectivity index (χ4v) is 2.03. The molecule has 4 nitrogen and oxygen atoms in total. The number of non-ortho nitro benzene ring substituents is 1. The molecule has 20 heavy (non-hydrogen) atoms. The zero-order chi connectivity index (χ0) is 14.7. The van der Waals surface area contributed by atoms with Crippen molar-refractivity contribution in [3.8, 4) is 5.75 Å². The third-order valence-corrected chi connectivity index (χ3v) is 3.53. The van der Waals surface area contributed by atoms with E-state index in [1.54, 1.807) is 12.1 Å². The molecule has 2 aromatic rings. The highest BCUT2D eigenvalue weighted by Gasteiger charge is 2.07. The van der Waals surface area contributed by atoms with Crippen LogP contribution >= 0.6 is 11.6 Å². The van der Waals surface area contributed by atoms with Gasteiger partial charge in [0, 0.05) is 17.2 Å². The fraction of sp³-hybridized carbons (Fsp3) is 0.200. The van der Waals surface area contributed by atoms with Crippen LogP contribution in [0.25, 0.3) is 0 Å². The lowest BCUT2D eigenvalue weighted by atomic mass is 10.1. The quantitative estimate of drug-likeness (QED) is 0.618. The van der Waals surface area contributed by atoms with Gasteiger partial charge in [-0.2, -0.15) is 0 Å². The van der Waals surface area contributed by atoms with Crippen LogP contribution in [-0.4, -0.2) is 4.92 Å². The SMILES string of the molecule is Cc1cc(OCc2cccc([N+](=O)[O-])c2)cc(C)c1Cl. The lowest BCUT2D eigenvalue weighted by molar-refractivity contribution is -0.384. The van der Waals surface area contributed by atoms with E-state index in [-0.39, 0.29) is 12.3 Å². The van der Waals surface area contributed by atoms with Crippen LogP contribution in [0.15, 0.2) is 36.4 Å². The van der Waals surface area contributed by atoms with Crippen LogP contribution in [0.1, 0.15) is 16.7 Å². The first-order chi connectivity index (χ1) is 9.47. The summed E-state index contributed by atoms with van der Waals surface area (Å²) < 4.78 is 5.66. The number of halogens is 1. The van der Waals surface area contributed by atoms with Gasteiger partial charge in [0.25, 0.3) is 5.69 Å². The maximum absolute atomic E-state index is 10.7. The van der Waals surface area contributed by atoms with Gasteiger partial charge in [-0.15, -0.1) is 0 Å².